The van der Waals surface area contributed by atoms with E-state index in [1.807, 2.05) is 24.3 Å². The third kappa shape index (κ3) is 6.17. The van der Waals surface area contributed by atoms with Gasteiger partial charge in [-0.3, -0.25) is 0 Å². The molecule has 0 amide bonds. The van der Waals surface area contributed by atoms with Crippen LogP contribution in [0.5, 0.6) is 0 Å². The standard InChI is InChI=1S/C23H29F3N6O4S2/c1-4-32(38(3,35)36)11-14-9-10-22(34,18(14)33)31-19-17(20-29-15-7-5-6-8-16(15)37-20)13(2)28-21(30-19)27-12-23(24,25)26/h5-8,14,18,33-34H,4,9-12H2,1-3H3,(H2,27,28,30,31). The number of anilines is 2. The number of nitrogens with zero attached hydrogens (tertiary/aromatic N) is 4. The van der Waals surface area contributed by atoms with Crippen LogP contribution in [-0.4, -0.2) is 81.8 Å². The van der Waals surface area contributed by atoms with Crippen molar-refractivity contribution in [3.05, 3.63) is 30.0 Å². The van der Waals surface area contributed by atoms with Gasteiger partial charge >= 0.3 is 6.18 Å². The van der Waals surface area contributed by atoms with Crippen LogP contribution in [0.1, 0.15) is 25.5 Å². The van der Waals surface area contributed by atoms with Gasteiger partial charge in [0.25, 0.3) is 0 Å². The first-order chi connectivity index (χ1) is 17.7. The molecule has 0 aliphatic heterocycles. The highest BCUT2D eigenvalue weighted by Crippen LogP contribution is 2.41. The lowest BCUT2D eigenvalue weighted by Gasteiger charge is -2.32. The molecule has 0 bridgehead atoms. The molecular formula is C23H29F3N6O4S2. The summed E-state index contributed by atoms with van der Waals surface area (Å²) in [5, 5.41) is 28.0. The smallest absolute Gasteiger partial charge is 0.388 e. The van der Waals surface area contributed by atoms with Gasteiger partial charge in [-0.1, -0.05) is 19.1 Å². The first-order valence-electron chi connectivity index (χ1n) is 11.9. The van der Waals surface area contributed by atoms with Gasteiger partial charge in [-0.05, 0) is 31.9 Å². The number of thiazole rings is 1. The van der Waals surface area contributed by atoms with E-state index in [1.165, 1.54) is 15.6 Å². The normalized spacial score (nSPS) is 22.3. The van der Waals surface area contributed by atoms with E-state index in [4.69, 9.17) is 0 Å². The zero-order valence-corrected chi connectivity index (χ0v) is 22.6. The second kappa shape index (κ2) is 10.5. The van der Waals surface area contributed by atoms with E-state index in [9.17, 15) is 31.8 Å². The monoisotopic (exact) mass is 574 g/mol. The van der Waals surface area contributed by atoms with Gasteiger partial charge in [0.15, 0.2) is 5.72 Å². The van der Waals surface area contributed by atoms with Crippen molar-refractivity contribution >= 4 is 43.3 Å². The number of rotatable bonds is 9. The largest absolute Gasteiger partial charge is 0.405 e. The van der Waals surface area contributed by atoms with Gasteiger partial charge in [0.05, 0.1) is 27.7 Å². The molecule has 0 saturated heterocycles. The average Bonchev–Trinajstić information content (AvgIpc) is 3.35. The minimum Gasteiger partial charge on any atom is -0.388 e. The van der Waals surface area contributed by atoms with Gasteiger partial charge < -0.3 is 20.8 Å². The molecule has 1 fully saturated rings. The zero-order chi connectivity index (χ0) is 27.9. The molecule has 4 rings (SSSR count). The van der Waals surface area contributed by atoms with Gasteiger partial charge in [0.2, 0.25) is 16.0 Å². The van der Waals surface area contributed by atoms with Crippen LogP contribution < -0.4 is 10.6 Å². The molecule has 2 heterocycles. The maximum Gasteiger partial charge on any atom is 0.405 e. The Labute approximate surface area is 222 Å². The highest BCUT2D eigenvalue weighted by Gasteiger charge is 2.48. The van der Waals surface area contributed by atoms with Gasteiger partial charge in [0.1, 0.15) is 23.5 Å². The topological polar surface area (TPSA) is 141 Å². The van der Waals surface area contributed by atoms with Crippen LogP contribution >= 0.6 is 11.3 Å². The number of aliphatic hydroxyl groups is 2. The molecule has 15 heteroatoms. The third-order valence-electron chi connectivity index (χ3n) is 6.47. The summed E-state index contributed by atoms with van der Waals surface area (Å²) in [5.74, 6) is -0.896. The van der Waals surface area contributed by atoms with Crippen molar-refractivity contribution in [2.45, 2.75) is 44.7 Å². The number of hydrogen-bond donors (Lipinski definition) is 4. The number of aryl methyl sites for hydroxylation is 1. The van der Waals surface area contributed by atoms with Crippen molar-refractivity contribution in [2.24, 2.45) is 5.92 Å². The van der Waals surface area contributed by atoms with E-state index < -0.39 is 40.5 Å². The van der Waals surface area contributed by atoms with E-state index in [0.717, 1.165) is 11.0 Å². The molecule has 1 aromatic carbocycles. The Morgan fingerprint density at radius 2 is 1.95 bits per heavy atom. The number of hydrogen-bond acceptors (Lipinski definition) is 10. The second-order valence-corrected chi connectivity index (χ2v) is 12.3. The fourth-order valence-electron chi connectivity index (χ4n) is 4.55. The lowest BCUT2D eigenvalue weighted by atomic mass is 10.0. The molecule has 208 valence electrons. The molecule has 1 aliphatic carbocycles. The van der Waals surface area contributed by atoms with E-state index >= 15 is 0 Å². The van der Waals surface area contributed by atoms with Gasteiger partial charge in [-0.2, -0.15) is 18.2 Å². The number of para-hydroxylation sites is 1. The Morgan fingerprint density at radius 1 is 1.24 bits per heavy atom. The average molecular weight is 575 g/mol. The van der Waals surface area contributed by atoms with Crippen LogP contribution in [0, 0.1) is 12.8 Å². The van der Waals surface area contributed by atoms with Crippen molar-refractivity contribution in [1.29, 1.82) is 0 Å². The van der Waals surface area contributed by atoms with E-state index in [1.54, 1.807) is 13.8 Å². The Hall–Kier alpha value is -2.59. The highest BCUT2D eigenvalue weighted by molar-refractivity contribution is 7.88. The number of aliphatic hydroxyl groups excluding tert-OH is 1. The van der Waals surface area contributed by atoms with Gasteiger partial charge in [-0.25, -0.2) is 22.7 Å². The predicted octanol–water partition coefficient (Wildman–Crippen LogP) is 3.19. The summed E-state index contributed by atoms with van der Waals surface area (Å²) in [7, 11) is -3.51. The fraction of sp³-hybridized carbons (Fsp3) is 0.522. The number of halogens is 3. The molecule has 4 N–H and O–H groups in total. The molecule has 3 unspecified atom stereocenters. The second-order valence-electron chi connectivity index (χ2n) is 9.32. The Bertz CT molecular complexity index is 1380. The molecule has 10 nitrogen and oxygen atoms in total. The Balaban J connectivity index is 1.70. The molecule has 1 aliphatic rings. The van der Waals surface area contributed by atoms with Crippen molar-refractivity contribution in [1.82, 2.24) is 19.3 Å². The summed E-state index contributed by atoms with van der Waals surface area (Å²) < 4.78 is 64.7. The minimum atomic E-state index is -4.51. The third-order valence-corrected chi connectivity index (χ3v) is 8.87. The highest BCUT2D eigenvalue weighted by atomic mass is 32.2. The molecule has 0 radical (unpaired) electrons. The summed E-state index contributed by atoms with van der Waals surface area (Å²) in [4.78, 5) is 13.0. The molecule has 2 aromatic heterocycles. The van der Waals surface area contributed by atoms with Gasteiger partial charge in [-0.15, -0.1) is 11.3 Å². The summed E-state index contributed by atoms with van der Waals surface area (Å²) in [6.45, 7) is 2.12. The van der Waals surface area contributed by atoms with E-state index in [0.29, 0.717) is 28.2 Å². The van der Waals surface area contributed by atoms with Crippen molar-refractivity contribution in [3.63, 3.8) is 0 Å². The van der Waals surface area contributed by atoms with Crippen LogP contribution in [0.25, 0.3) is 20.8 Å². The number of fused-ring (bicyclic) bond motifs is 1. The first kappa shape index (κ1) is 28.4. The maximum absolute atomic E-state index is 12.8. The minimum absolute atomic E-state index is 0.00103. The number of sulfonamides is 1. The summed E-state index contributed by atoms with van der Waals surface area (Å²) in [6, 6.07) is 7.37. The van der Waals surface area contributed by atoms with Crippen LogP contribution in [0.15, 0.2) is 24.3 Å². The summed E-state index contributed by atoms with van der Waals surface area (Å²) in [6.07, 6.45) is -4.46. The van der Waals surface area contributed by atoms with Crippen molar-refractivity contribution in [2.75, 3.05) is 36.5 Å². The summed E-state index contributed by atoms with van der Waals surface area (Å²) in [5.41, 5.74) is -0.528. The van der Waals surface area contributed by atoms with Crippen molar-refractivity contribution < 1.29 is 31.8 Å². The quantitative estimate of drug-likeness (QED) is 0.284. The number of benzene rings is 1. The molecule has 3 atom stereocenters. The summed E-state index contributed by atoms with van der Waals surface area (Å²) >= 11 is 1.33. The van der Waals surface area contributed by atoms with Crippen molar-refractivity contribution in [3.8, 4) is 10.6 Å². The van der Waals surface area contributed by atoms with Crippen LogP contribution in [0.4, 0.5) is 24.9 Å². The van der Waals surface area contributed by atoms with Gasteiger partial charge in [0, 0.05) is 19.0 Å². The van der Waals surface area contributed by atoms with Crippen LogP contribution in [-0.2, 0) is 10.0 Å². The fourth-order valence-corrected chi connectivity index (χ4v) is 6.55. The number of nitrogens with one attached hydrogen (secondary N) is 2. The molecule has 3 aromatic rings. The predicted molar refractivity (Wildman–Crippen MR) is 139 cm³/mol. The molecule has 1 saturated carbocycles. The molecule has 38 heavy (non-hydrogen) atoms. The van der Waals surface area contributed by atoms with E-state index in [2.05, 4.69) is 25.6 Å². The number of alkyl halides is 3. The van der Waals surface area contributed by atoms with Crippen LogP contribution in [0.2, 0.25) is 0 Å². The van der Waals surface area contributed by atoms with Crippen LogP contribution in [0.3, 0.4) is 0 Å². The molecule has 0 spiro atoms. The maximum atomic E-state index is 12.8. The Kier molecular flexibility index (Phi) is 7.87. The molecular weight excluding hydrogens is 545 g/mol. The zero-order valence-electron chi connectivity index (χ0n) is 20.9. The SMILES string of the molecule is CCN(CC1CCC(O)(Nc2nc(NCC(F)(F)F)nc(C)c2-c2nc3ccccc3s2)C1O)S(C)(=O)=O. The number of aromatic nitrogens is 3. The Morgan fingerprint density at radius 3 is 2.58 bits per heavy atom. The van der Waals surface area contributed by atoms with E-state index in [-0.39, 0.29) is 31.3 Å². The lowest BCUT2D eigenvalue weighted by Crippen LogP contribution is -2.49. The lowest BCUT2D eigenvalue weighted by molar-refractivity contribution is -0.115. The first-order valence-corrected chi connectivity index (χ1v) is 14.6.